The lowest BCUT2D eigenvalue weighted by atomic mass is 9.79. The number of pyridine rings is 1. The fourth-order valence-corrected chi connectivity index (χ4v) is 5.41. The molecule has 0 aliphatic rings. The molecule has 192 valence electrons. The second-order valence-corrected chi connectivity index (χ2v) is 9.54. The number of aromatic nitrogens is 1. The predicted molar refractivity (Wildman–Crippen MR) is 166 cm³/mol. The minimum Gasteiger partial charge on any atom is -0.349 e. The van der Waals surface area contributed by atoms with Crippen LogP contribution in [0, 0.1) is 0 Å². The number of carbonyl (C=O) groups is 1. The van der Waals surface area contributed by atoms with Gasteiger partial charge in [-0.15, -0.1) is 6.58 Å². The molecule has 0 unspecified atom stereocenters. The number of nitrogens with one attached hydrogen (secondary N) is 1. The van der Waals surface area contributed by atoms with Gasteiger partial charge in [-0.2, -0.15) is 0 Å². The maximum absolute atomic E-state index is 13.7. The van der Waals surface area contributed by atoms with Crippen LogP contribution in [0.4, 0.5) is 0 Å². The highest BCUT2D eigenvalue weighted by atomic mass is 16.1. The summed E-state index contributed by atoms with van der Waals surface area (Å²) in [6, 6.07) is 43.4. The zero-order valence-corrected chi connectivity index (χ0v) is 22.0. The molecule has 1 amide bonds. The maximum Gasteiger partial charge on any atom is 0.252 e. The van der Waals surface area contributed by atoms with Crippen molar-refractivity contribution in [3.63, 3.8) is 0 Å². The van der Waals surface area contributed by atoms with E-state index in [1.807, 2.05) is 54.6 Å². The Morgan fingerprint density at radius 2 is 1.02 bits per heavy atom. The molecule has 6 rings (SSSR count). The molecule has 1 N–H and O–H groups in total. The third-order valence-corrected chi connectivity index (χ3v) is 7.09. The predicted octanol–water partition coefficient (Wildman–Crippen LogP) is 8.82. The van der Waals surface area contributed by atoms with Crippen molar-refractivity contribution in [2.24, 2.45) is 0 Å². The Morgan fingerprint density at radius 1 is 0.600 bits per heavy atom. The molecule has 1 aromatic heterocycles. The highest BCUT2D eigenvalue weighted by molar-refractivity contribution is 6.22. The third kappa shape index (κ3) is 4.59. The second kappa shape index (κ2) is 11.2. The molecule has 0 radical (unpaired) electrons. The quantitative estimate of drug-likeness (QED) is 0.215. The van der Waals surface area contributed by atoms with E-state index in [2.05, 4.69) is 84.7 Å². The number of hydrogen-bond donors (Lipinski definition) is 1. The Morgan fingerprint density at radius 3 is 1.50 bits per heavy atom. The average molecular weight is 517 g/mol. The zero-order chi connectivity index (χ0) is 27.3. The lowest BCUT2D eigenvalue weighted by Crippen LogP contribution is -2.23. The first-order chi connectivity index (χ1) is 19.8. The minimum absolute atomic E-state index is 0.157. The van der Waals surface area contributed by atoms with Gasteiger partial charge < -0.3 is 5.32 Å². The van der Waals surface area contributed by atoms with Crippen molar-refractivity contribution in [3.05, 3.63) is 152 Å². The summed E-state index contributed by atoms with van der Waals surface area (Å²) < 4.78 is 0. The van der Waals surface area contributed by atoms with Gasteiger partial charge in [-0.25, -0.2) is 0 Å². The maximum atomic E-state index is 13.7. The fraction of sp³-hybridized carbons (Fsp3) is 0.0270. The van der Waals surface area contributed by atoms with Crippen molar-refractivity contribution in [1.29, 1.82) is 0 Å². The smallest absolute Gasteiger partial charge is 0.252 e. The van der Waals surface area contributed by atoms with E-state index in [0.29, 0.717) is 12.1 Å². The minimum atomic E-state index is -0.157. The summed E-state index contributed by atoms with van der Waals surface area (Å²) in [5, 5.41) is 3.83. The van der Waals surface area contributed by atoms with E-state index in [0.717, 1.165) is 55.4 Å². The summed E-state index contributed by atoms with van der Waals surface area (Å²) >= 11 is 0. The molecular weight excluding hydrogens is 488 g/mol. The fourth-order valence-electron chi connectivity index (χ4n) is 5.41. The molecular formula is C37H28N2O. The Labute approximate surface area is 234 Å². The van der Waals surface area contributed by atoms with Gasteiger partial charge in [-0.1, -0.05) is 127 Å². The SMILES string of the molecule is C=CCNC(=O)c1ccnc2c(-c3ccccc3)c(-c3ccccc3)c(-c3ccccc3)c(-c3ccccc3)c12. The van der Waals surface area contributed by atoms with Crippen LogP contribution < -0.4 is 5.32 Å². The summed E-state index contributed by atoms with van der Waals surface area (Å²) in [6.07, 6.45) is 3.43. The van der Waals surface area contributed by atoms with Crippen LogP contribution in [-0.4, -0.2) is 17.4 Å². The number of benzene rings is 5. The van der Waals surface area contributed by atoms with Crippen molar-refractivity contribution >= 4 is 16.8 Å². The number of rotatable bonds is 7. The summed E-state index contributed by atoms with van der Waals surface area (Å²) in [5.74, 6) is -0.157. The molecule has 0 saturated carbocycles. The summed E-state index contributed by atoms with van der Waals surface area (Å²) in [7, 11) is 0. The molecule has 0 aliphatic carbocycles. The standard InChI is InChI=1S/C37H28N2O/c1-2-24-39-37(40)30-23-25-38-36-34(29-21-13-6-14-22-29)32(27-17-9-4-10-18-27)31(26-15-7-3-8-16-26)33(35(30)36)28-19-11-5-12-20-28/h2-23,25H,1,24H2,(H,39,40). The van der Waals surface area contributed by atoms with Crippen LogP contribution in [0.5, 0.6) is 0 Å². The van der Waals surface area contributed by atoms with E-state index < -0.39 is 0 Å². The van der Waals surface area contributed by atoms with E-state index in [9.17, 15) is 4.79 Å². The second-order valence-electron chi connectivity index (χ2n) is 9.54. The average Bonchev–Trinajstić information content (AvgIpc) is 3.03. The number of hydrogen-bond acceptors (Lipinski definition) is 2. The van der Waals surface area contributed by atoms with E-state index in [1.165, 1.54) is 0 Å². The number of fused-ring (bicyclic) bond motifs is 1. The highest BCUT2D eigenvalue weighted by Gasteiger charge is 2.27. The van der Waals surface area contributed by atoms with Gasteiger partial charge in [0.1, 0.15) is 0 Å². The molecule has 1 heterocycles. The van der Waals surface area contributed by atoms with Crippen molar-refractivity contribution < 1.29 is 4.79 Å². The number of amides is 1. The van der Waals surface area contributed by atoms with Gasteiger partial charge in [0.2, 0.25) is 0 Å². The topological polar surface area (TPSA) is 42.0 Å². The lowest BCUT2D eigenvalue weighted by Gasteiger charge is -2.24. The molecule has 0 fully saturated rings. The van der Waals surface area contributed by atoms with Crippen LogP contribution in [0.3, 0.4) is 0 Å². The van der Waals surface area contributed by atoms with Crippen LogP contribution in [0.15, 0.2) is 146 Å². The van der Waals surface area contributed by atoms with Crippen molar-refractivity contribution in [2.75, 3.05) is 6.54 Å². The monoisotopic (exact) mass is 516 g/mol. The first kappa shape index (κ1) is 25.0. The van der Waals surface area contributed by atoms with Gasteiger partial charge in [-0.05, 0) is 33.9 Å². The van der Waals surface area contributed by atoms with Crippen LogP contribution in [0.2, 0.25) is 0 Å². The van der Waals surface area contributed by atoms with E-state index in [1.54, 1.807) is 12.3 Å². The molecule has 40 heavy (non-hydrogen) atoms. The zero-order valence-electron chi connectivity index (χ0n) is 22.0. The van der Waals surface area contributed by atoms with Crippen LogP contribution in [0.25, 0.3) is 55.4 Å². The largest absolute Gasteiger partial charge is 0.349 e. The lowest BCUT2D eigenvalue weighted by molar-refractivity contribution is 0.0959. The van der Waals surface area contributed by atoms with E-state index in [-0.39, 0.29) is 5.91 Å². The van der Waals surface area contributed by atoms with Gasteiger partial charge in [0.05, 0.1) is 11.1 Å². The first-order valence-electron chi connectivity index (χ1n) is 13.4. The molecule has 0 spiro atoms. The van der Waals surface area contributed by atoms with E-state index in [4.69, 9.17) is 4.98 Å². The van der Waals surface area contributed by atoms with Crippen LogP contribution in [-0.2, 0) is 0 Å². The molecule has 6 aromatic rings. The van der Waals surface area contributed by atoms with Gasteiger partial charge in [0.25, 0.3) is 5.91 Å². The Bertz CT molecular complexity index is 1800. The molecule has 5 aromatic carbocycles. The molecule has 0 bridgehead atoms. The van der Waals surface area contributed by atoms with Crippen molar-refractivity contribution in [3.8, 4) is 44.5 Å². The Kier molecular flexibility index (Phi) is 7.02. The normalized spacial score (nSPS) is 10.8. The first-order valence-corrected chi connectivity index (χ1v) is 13.4. The molecule has 3 heteroatoms. The summed E-state index contributed by atoms with van der Waals surface area (Å²) in [6.45, 7) is 4.16. The molecule has 0 aliphatic heterocycles. The molecule has 3 nitrogen and oxygen atoms in total. The van der Waals surface area contributed by atoms with Crippen LogP contribution in [0.1, 0.15) is 10.4 Å². The number of nitrogens with zero attached hydrogens (tertiary/aromatic N) is 1. The third-order valence-electron chi connectivity index (χ3n) is 7.09. The summed E-state index contributed by atoms with van der Waals surface area (Å²) in [4.78, 5) is 18.7. The van der Waals surface area contributed by atoms with Crippen molar-refractivity contribution in [2.45, 2.75) is 0 Å². The summed E-state index contributed by atoms with van der Waals surface area (Å²) in [5.41, 5.74) is 9.72. The Hall–Kier alpha value is -5.28. The van der Waals surface area contributed by atoms with E-state index >= 15 is 0 Å². The van der Waals surface area contributed by atoms with Gasteiger partial charge in [0.15, 0.2) is 0 Å². The molecule has 0 atom stereocenters. The van der Waals surface area contributed by atoms with Gasteiger partial charge in [-0.3, -0.25) is 9.78 Å². The van der Waals surface area contributed by atoms with Crippen LogP contribution >= 0.6 is 0 Å². The van der Waals surface area contributed by atoms with Gasteiger partial charge in [0, 0.05) is 34.8 Å². The van der Waals surface area contributed by atoms with Crippen molar-refractivity contribution in [1.82, 2.24) is 10.3 Å². The number of carbonyl (C=O) groups excluding carboxylic acids is 1. The Balaban J connectivity index is 1.90. The molecule has 0 saturated heterocycles. The van der Waals surface area contributed by atoms with Gasteiger partial charge >= 0.3 is 0 Å². The highest BCUT2D eigenvalue weighted by Crippen LogP contribution is 2.50.